The van der Waals surface area contributed by atoms with Crippen LogP contribution in [0.3, 0.4) is 0 Å². The van der Waals surface area contributed by atoms with Crippen molar-refractivity contribution in [2.24, 2.45) is 26.8 Å². The Kier molecular flexibility index (Phi) is 15.0. The second-order valence-corrected chi connectivity index (χ2v) is 16.9. The zero-order valence-corrected chi connectivity index (χ0v) is 36.0. The third-order valence-electron chi connectivity index (χ3n) is 12.9. The average Bonchev–Trinajstić information content (AvgIpc) is 3.95. The smallest absolute Gasteiger partial charge is 0.305 e. The summed E-state index contributed by atoms with van der Waals surface area (Å²) < 4.78 is 11.4. The summed E-state index contributed by atoms with van der Waals surface area (Å²) in [6.45, 7) is 13.9. The van der Waals surface area contributed by atoms with Gasteiger partial charge in [-0.3, -0.25) is 4.79 Å². The van der Waals surface area contributed by atoms with Crippen molar-refractivity contribution >= 4 is 23.1 Å². The molecule has 1 saturated heterocycles. The van der Waals surface area contributed by atoms with Gasteiger partial charge in [-0.2, -0.15) is 0 Å². The van der Waals surface area contributed by atoms with Gasteiger partial charge in [-0.15, -0.1) is 0 Å². The SMILES string of the molecule is CCCCCCCCCCCCCCCCOC(=O)CC[C@@H]1C2=C3CC(O)=C4C3=NC(=C4C)C=C3N=C(C=C4N=C(C=C(N2)[C@H]1C)C(C)=C4COC)C(C)=C3CC. The van der Waals surface area contributed by atoms with Gasteiger partial charge < -0.3 is 19.9 Å². The number of rotatable bonds is 21. The van der Waals surface area contributed by atoms with E-state index in [4.69, 9.17) is 24.5 Å². The Morgan fingerprint density at radius 1 is 0.789 bits per heavy atom. The highest BCUT2D eigenvalue weighted by Gasteiger charge is 2.41. The molecule has 8 bridgehead atoms. The van der Waals surface area contributed by atoms with Crippen LogP contribution in [-0.4, -0.2) is 48.5 Å². The Hall–Kier alpha value is -4.04. The van der Waals surface area contributed by atoms with Crippen LogP contribution in [0.5, 0.6) is 0 Å². The fourth-order valence-electron chi connectivity index (χ4n) is 9.31. The highest BCUT2D eigenvalue weighted by Crippen LogP contribution is 2.46. The van der Waals surface area contributed by atoms with Gasteiger partial charge in [-0.25, -0.2) is 15.0 Å². The number of ether oxygens (including phenoxy) is 2. The van der Waals surface area contributed by atoms with Gasteiger partial charge in [-0.05, 0) is 80.6 Å². The first-order valence-electron chi connectivity index (χ1n) is 22.3. The van der Waals surface area contributed by atoms with E-state index in [2.05, 4.69) is 58.2 Å². The van der Waals surface area contributed by atoms with Gasteiger partial charge in [0.2, 0.25) is 0 Å². The number of allylic oxidation sites excluding steroid dienone is 11. The lowest BCUT2D eigenvalue weighted by atomic mass is 9.86. The van der Waals surface area contributed by atoms with Gasteiger partial charge in [-0.1, -0.05) is 104 Å². The van der Waals surface area contributed by atoms with Gasteiger partial charge >= 0.3 is 5.97 Å². The molecule has 0 radical (unpaired) electrons. The molecule has 0 aromatic carbocycles. The second kappa shape index (κ2) is 20.1. The molecule has 1 aliphatic carbocycles. The zero-order valence-electron chi connectivity index (χ0n) is 36.0. The molecule has 0 aromatic rings. The lowest BCUT2D eigenvalue weighted by Gasteiger charge is -2.17. The Labute approximate surface area is 342 Å². The van der Waals surface area contributed by atoms with Crippen LogP contribution in [-0.2, 0) is 14.3 Å². The summed E-state index contributed by atoms with van der Waals surface area (Å²) in [4.78, 5) is 28.6. The Morgan fingerprint density at radius 2 is 1.39 bits per heavy atom. The standard InChI is InChI=1S/C49H68N4O4/c1-8-10-11-12-13-14-15-16-17-18-19-20-21-22-25-57-46(55)24-23-36-32(4)41-27-39-33(5)38(30-56-7)44(51-39)28-40-31(3)35(9-2)43(50-40)29-42-34(6)47-45(54)26-37(48(36)52-41)49(47)53-42/h27-29,32,36,52,54H,8-26,30H2,1-7H3/t32-,36-/m0/s1. The molecule has 2 atom stereocenters. The molecule has 57 heavy (non-hydrogen) atoms. The predicted molar refractivity (Wildman–Crippen MR) is 234 cm³/mol. The van der Waals surface area contributed by atoms with Gasteiger partial charge in [0.15, 0.2) is 0 Å². The van der Waals surface area contributed by atoms with E-state index in [1.165, 1.54) is 82.6 Å². The van der Waals surface area contributed by atoms with Crippen molar-refractivity contribution in [3.05, 3.63) is 91.5 Å². The fourth-order valence-corrected chi connectivity index (χ4v) is 9.31. The number of hydrogen-bond donors (Lipinski definition) is 2. The van der Waals surface area contributed by atoms with E-state index >= 15 is 0 Å². The Morgan fingerprint density at radius 3 is 2.02 bits per heavy atom. The summed E-state index contributed by atoms with van der Waals surface area (Å²) in [6.07, 6.45) is 26.8. The van der Waals surface area contributed by atoms with Gasteiger partial charge in [0.25, 0.3) is 0 Å². The highest BCUT2D eigenvalue weighted by molar-refractivity contribution is 6.21. The molecule has 0 saturated carbocycles. The molecule has 2 N–H and O–H groups in total. The minimum atomic E-state index is -0.140. The topological polar surface area (TPSA) is 105 Å². The van der Waals surface area contributed by atoms with Crippen LogP contribution in [0, 0.1) is 11.8 Å². The summed E-state index contributed by atoms with van der Waals surface area (Å²) in [7, 11) is 1.72. The number of carbonyl (C=O) groups excluding carboxylic acids is 1. The largest absolute Gasteiger partial charge is 0.511 e. The molecule has 0 amide bonds. The van der Waals surface area contributed by atoms with E-state index < -0.39 is 0 Å². The average molecular weight is 777 g/mol. The lowest BCUT2D eigenvalue weighted by molar-refractivity contribution is -0.144. The number of aliphatic imine (C=N–C) groups is 3. The molecule has 0 spiro atoms. The number of methoxy groups -OCH3 is 1. The van der Waals surface area contributed by atoms with E-state index in [1.54, 1.807) is 7.11 Å². The number of esters is 1. The molecule has 8 nitrogen and oxygen atoms in total. The van der Waals surface area contributed by atoms with Crippen LogP contribution in [0.25, 0.3) is 0 Å². The molecule has 1 fully saturated rings. The summed E-state index contributed by atoms with van der Waals surface area (Å²) >= 11 is 0. The lowest BCUT2D eigenvalue weighted by Crippen LogP contribution is -2.16. The number of fused-ring (bicyclic) bond motifs is 5. The quantitative estimate of drug-likeness (QED) is 0.0892. The summed E-state index contributed by atoms with van der Waals surface area (Å²) in [5.74, 6) is 0.304. The number of unbranched alkanes of at least 4 members (excludes halogenated alkanes) is 13. The minimum Gasteiger partial charge on any atom is -0.511 e. The maximum absolute atomic E-state index is 13.2. The van der Waals surface area contributed by atoms with Crippen molar-refractivity contribution in [2.45, 2.75) is 157 Å². The van der Waals surface area contributed by atoms with Crippen molar-refractivity contribution < 1.29 is 19.4 Å². The van der Waals surface area contributed by atoms with Crippen molar-refractivity contribution in [1.29, 1.82) is 0 Å². The van der Waals surface area contributed by atoms with E-state index in [0.717, 1.165) is 98.3 Å². The van der Waals surface area contributed by atoms with Crippen LogP contribution >= 0.6 is 0 Å². The van der Waals surface area contributed by atoms with Gasteiger partial charge in [0.1, 0.15) is 5.76 Å². The third kappa shape index (κ3) is 9.81. The first-order valence-corrected chi connectivity index (χ1v) is 22.3. The van der Waals surface area contributed by atoms with E-state index in [0.29, 0.717) is 38.2 Å². The summed E-state index contributed by atoms with van der Waals surface area (Å²) in [5, 5.41) is 15.2. The maximum atomic E-state index is 13.2. The van der Waals surface area contributed by atoms with Crippen molar-refractivity contribution in [3.8, 4) is 0 Å². The summed E-state index contributed by atoms with van der Waals surface area (Å²) in [5.41, 5.74) is 14.5. The van der Waals surface area contributed by atoms with Crippen LogP contribution in [0.1, 0.15) is 157 Å². The van der Waals surface area contributed by atoms with Crippen molar-refractivity contribution in [3.63, 3.8) is 0 Å². The zero-order chi connectivity index (χ0) is 40.5. The van der Waals surface area contributed by atoms with Crippen LogP contribution in [0.4, 0.5) is 0 Å². The molecule has 6 rings (SSSR count). The van der Waals surface area contributed by atoms with Crippen LogP contribution in [0.15, 0.2) is 106 Å². The third-order valence-corrected chi connectivity index (χ3v) is 12.9. The molecule has 0 aromatic heterocycles. The number of carbonyl (C=O) groups is 1. The first-order chi connectivity index (χ1) is 27.7. The van der Waals surface area contributed by atoms with Crippen molar-refractivity contribution in [2.75, 3.05) is 20.3 Å². The Bertz CT molecular complexity index is 1920. The van der Waals surface area contributed by atoms with Crippen LogP contribution in [0.2, 0.25) is 0 Å². The monoisotopic (exact) mass is 777 g/mol. The molecule has 8 heteroatoms. The first kappa shape index (κ1) is 42.6. The molecular formula is C49H68N4O4. The molecule has 5 aliphatic heterocycles. The van der Waals surface area contributed by atoms with Crippen molar-refractivity contribution in [1.82, 2.24) is 5.32 Å². The molecule has 6 aliphatic rings. The fraction of sp³-hybridized carbons (Fsp3) is 0.592. The highest BCUT2D eigenvalue weighted by atomic mass is 16.5. The van der Waals surface area contributed by atoms with E-state index in [1.807, 2.05) is 6.92 Å². The van der Waals surface area contributed by atoms with E-state index in [9.17, 15) is 9.90 Å². The summed E-state index contributed by atoms with van der Waals surface area (Å²) in [6, 6.07) is 0. The molecular weight excluding hydrogens is 709 g/mol. The van der Waals surface area contributed by atoms with Gasteiger partial charge in [0.05, 0.1) is 47.4 Å². The molecule has 0 unspecified atom stereocenters. The van der Waals surface area contributed by atoms with Crippen LogP contribution < -0.4 is 5.32 Å². The Balaban J connectivity index is 1.13. The number of aliphatic hydroxyl groups is 1. The molecule has 308 valence electrons. The second-order valence-electron chi connectivity index (χ2n) is 16.9. The normalized spacial score (nSPS) is 21.4. The molecule has 5 heterocycles. The van der Waals surface area contributed by atoms with Gasteiger partial charge in [0, 0.05) is 59.9 Å². The number of aliphatic hydroxyl groups excluding tert-OH is 1. The minimum absolute atomic E-state index is 0.0201. The number of nitrogens with one attached hydrogen (secondary N) is 1. The number of nitrogens with zero attached hydrogens (tertiary/aromatic N) is 3. The predicted octanol–water partition coefficient (Wildman–Crippen LogP) is 12.1. The maximum Gasteiger partial charge on any atom is 0.305 e. The van der Waals surface area contributed by atoms with E-state index in [-0.39, 0.29) is 17.8 Å². The number of hydrogen-bond acceptors (Lipinski definition) is 8.